The van der Waals surface area contributed by atoms with E-state index >= 15 is 0 Å². The summed E-state index contributed by atoms with van der Waals surface area (Å²) in [5.74, 6) is -0.0516. The van der Waals surface area contributed by atoms with Gasteiger partial charge < -0.3 is 9.88 Å². The number of piperidine rings is 1. The van der Waals surface area contributed by atoms with Gasteiger partial charge in [-0.1, -0.05) is 18.6 Å². The standard InChI is InChI=1S/C20H27N3O2S/c1-21-20(24)19-12-11-17(22(19)2)18-6-4-5-13-23(18)14-15-7-9-16(10-8-15)26(3)25/h7-12,18H,4-6,13-14H2,1-3H3,(H,21,24)/t18-,26+/m0/s1. The molecule has 1 saturated heterocycles. The van der Waals surface area contributed by atoms with E-state index in [1.54, 1.807) is 13.3 Å². The number of aromatic nitrogens is 1. The molecule has 26 heavy (non-hydrogen) atoms. The van der Waals surface area contributed by atoms with Crippen molar-refractivity contribution in [1.29, 1.82) is 0 Å². The van der Waals surface area contributed by atoms with Crippen LogP contribution in [0.1, 0.15) is 47.1 Å². The minimum atomic E-state index is -0.941. The maximum atomic E-state index is 12.0. The summed E-state index contributed by atoms with van der Waals surface area (Å²) in [5, 5.41) is 2.71. The molecule has 0 unspecified atom stereocenters. The van der Waals surface area contributed by atoms with Crippen molar-refractivity contribution < 1.29 is 9.00 Å². The first-order valence-electron chi connectivity index (χ1n) is 9.05. The summed E-state index contributed by atoms with van der Waals surface area (Å²) in [5.41, 5.74) is 3.12. The second-order valence-corrected chi connectivity index (χ2v) is 8.24. The topological polar surface area (TPSA) is 54.3 Å². The Morgan fingerprint density at radius 1 is 1.19 bits per heavy atom. The van der Waals surface area contributed by atoms with Crippen molar-refractivity contribution in [3.63, 3.8) is 0 Å². The Morgan fingerprint density at radius 3 is 2.58 bits per heavy atom. The van der Waals surface area contributed by atoms with Crippen molar-refractivity contribution in [2.45, 2.75) is 36.7 Å². The minimum Gasteiger partial charge on any atom is -0.354 e. The van der Waals surface area contributed by atoms with Gasteiger partial charge in [0.05, 0.1) is 6.04 Å². The van der Waals surface area contributed by atoms with Gasteiger partial charge in [-0.15, -0.1) is 0 Å². The average molecular weight is 374 g/mol. The molecule has 0 bridgehead atoms. The predicted octanol–water partition coefficient (Wildman–Crippen LogP) is 2.85. The van der Waals surface area contributed by atoms with E-state index in [0.29, 0.717) is 11.7 Å². The van der Waals surface area contributed by atoms with Crippen LogP contribution in [-0.4, -0.2) is 39.4 Å². The monoisotopic (exact) mass is 373 g/mol. The van der Waals surface area contributed by atoms with Gasteiger partial charge in [-0.3, -0.25) is 13.9 Å². The highest BCUT2D eigenvalue weighted by Crippen LogP contribution is 2.33. The van der Waals surface area contributed by atoms with E-state index in [1.165, 1.54) is 24.1 Å². The molecule has 0 saturated carbocycles. The lowest BCUT2D eigenvalue weighted by molar-refractivity contribution is 0.0952. The highest BCUT2D eigenvalue weighted by Gasteiger charge is 2.27. The fourth-order valence-electron chi connectivity index (χ4n) is 3.75. The number of nitrogens with zero attached hydrogens (tertiary/aromatic N) is 2. The van der Waals surface area contributed by atoms with Gasteiger partial charge >= 0.3 is 0 Å². The zero-order valence-electron chi connectivity index (χ0n) is 15.7. The van der Waals surface area contributed by atoms with Gasteiger partial charge in [-0.25, -0.2) is 0 Å². The van der Waals surface area contributed by atoms with Crippen LogP contribution >= 0.6 is 0 Å². The van der Waals surface area contributed by atoms with E-state index in [4.69, 9.17) is 0 Å². The summed E-state index contributed by atoms with van der Waals surface area (Å²) in [4.78, 5) is 15.4. The zero-order valence-corrected chi connectivity index (χ0v) is 16.5. The van der Waals surface area contributed by atoms with Crippen LogP contribution in [0, 0.1) is 0 Å². The Hall–Kier alpha value is -1.92. The summed E-state index contributed by atoms with van der Waals surface area (Å²) in [6, 6.07) is 12.4. The summed E-state index contributed by atoms with van der Waals surface area (Å²) >= 11 is 0. The molecule has 1 N–H and O–H groups in total. The molecule has 0 aliphatic carbocycles. The SMILES string of the molecule is CNC(=O)c1ccc([C@@H]2CCCCN2Cc2ccc([S@@](C)=O)cc2)n1C. The molecular formula is C20H27N3O2S. The van der Waals surface area contributed by atoms with Crippen molar-refractivity contribution in [2.75, 3.05) is 19.8 Å². The van der Waals surface area contributed by atoms with E-state index in [9.17, 15) is 9.00 Å². The predicted molar refractivity (Wildman–Crippen MR) is 105 cm³/mol. The molecule has 1 aliphatic rings. The summed E-state index contributed by atoms with van der Waals surface area (Å²) in [7, 11) is 2.69. The highest BCUT2D eigenvalue weighted by atomic mass is 32.2. The largest absolute Gasteiger partial charge is 0.354 e. The maximum absolute atomic E-state index is 12.0. The van der Waals surface area contributed by atoms with Crippen LogP contribution in [0.15, 0.2) is 41.3 Å². The van der Waals surface area contributed by atoms with Crippen molar-refractivity contribution >= 4 is 16.7 Å². The van der Waals surface area contributed by atoms with Crippen LogP contribution in [0.5, 0.6) is 0 Å². The lowest BCUT2D eigenvalue weighted by Gasteiger charge is -2.36. The highest BCUT2D eigenvalue weighted by molar-refractivity contribution is 7.84. The molecule has 0 radical (unpaired) electrons. The third-order valence-electron chi connectivity index (χ3n) is 5.22. The van der Waals surface area contributed by atoms with E-state index in [2.05, 4.69) is 28.4 Å². The Bertz CT molecular complexity index is 798. The lowest BCUT2D eigenvalue weighted by atomic mass is 9.98. The lowest BCUT2D eigenvalue weighted by Crippen LogP contribution is -2.34. The van der Waals surface area contributed by atoms with Crippen LogP contribution in [0.3, 0.4) is 0 Å². The molecular weight excluding hydrogens is 346 g/mol. The molecule has 1 fully saturated rings. The van der Waals surface area contributed by atoms with Gasteiger partial charge in [-0.2, -0.15) is 0 Å². The average Bonchev–Trinajstić information content (AvgIpc) is 3.03. The van der Waals surface area contributed by atoms with E-state index in [-0.39, 0.29) is 5.91 Å². The molecule has 1 aromatic carbocycles. The van der Waals surface area contributed by atoms with Crippen LogP contribution in [0.4, 0.5) is 0 Å². The number of carbonyl (C=O) groups excluding carboxylic acids is 1. The van der Waals surface area contributed by atoms with Gasteiger partial charge in [0, 0.05) is 48.3 Å². The van der Waals surface area contributed by atoms with Gasteiger partial charge in [0.2, 0.25) is 0 Å². The van der Waals surface area contributed by atoms with Crippen LogP contribution < -0.4 is 5.32 Å². The van der Waals surface area contributed by atoms with E-state index in [0.717, 1.165) is 24.4 Å². The molecule has 3 rings (SSSR count). The molecule has 2 heterocycles. The van der Waals surface area contributed by atoms with Gasteiger partial charge in [0.25, 0.3) is 5.91 Å². The molecule has 1 amide bonds. The minimum absolute atomic E-state index is 0.0516. The maximum Gasteiger partial charge on any atom is 0.267 e. The summed E-state index contributed by atoms with van der Waals surface area (Å²) < 4.78 is 13.6. The number of hydrogen-bond acceptors (Lipinski definition) is 3. The van der Waals surface area contributed by atoms with Crippen LogP contribution in [0.2, 0.25) is 0 Å². The van der Waals surface area contributed by atoms with Crippen LogP contribution in [-0.2, 0) is 24.4 Å². The number of likely N-dealkylation sites (tertiary alicyclic amines) is 1. The Labute approximate surface area is 157 Å². The van der Waals surface area contributed by atoms with Crippen molar-refractivity contribution in [2.24, 2.45) is 7.05 Å². The normalized spacial score (nSPS) is 19.3. The summed E-state index contributed by atoms with van der Waals surface area (Å²) in [6.07, 6.45) is 5.20. The second kappa shape index (κ2) is 8.18. The fourth-order valence-corrected chi connectivity index (χ4v) is 4.27. The number of carbonyl (C=O) groups is 1. The molecule has 5 nitrogen and oxygen atoms in total. The molecule has 1 aliphatic heterocycles. The number of amides is 1. The first kappa shape index (κ1) is 18.9. The van der Waals surface area contributed by atoms with Crippen molar-refractivity contribution in [3.8, 4) is 0 Å². The molecule has 1 aromatic heterocycles. The molecule has 6 heteroatoms. The second-order valence-electron chi connectivity index (χ2n) is 6.86. The number of rotatable bonds is 5. The molecule has 0 spiro atoms. The number of nitrogens with one attached hydrogen (secondary N) is 1. The third kappa shape index (κ3) is 3.91. The smallest absolute Gasteiger partial charge is 0.267 e. The molecule has 140 valence electrons. The number of benzene rings is 1. The number of hydrogen-bond donors (Lipinski definition) is 1. The van der Waals surface area contributed by atoms with Crippen molar-refractivity contribution in [3.05, 3.63) is 53.3 Å². The fraction of sp³-hybridized carbons (Fsp3) is 0.450. The first-order valence-corrected chi connectivity index (χ1v) is 10.6. The Morgan fingerprint density at radius 2 is 1.92 bits per heavy atom. The van der Waals surface area contributed by atoms with Gasteiger partial charge in [-0.05, 0) is 49.2 Å². The zero-order chi connectivity index (χ0) is 18.7. The first-order chi connectivity index (χ1) is 12.5. The molecule has 2 aromatic rings. The van der Waals surface area contributed by atoms with Gasteiger partial charge in [0.1, 0.15) is 5.69 Å². The Balaban J connectivity index is 1.81. The van der Waals surface area contributed by atoms with Crippen molar-refractivity contribution in [1.82, 2.24) is 14.8 Å². The quantitative estimate of drug-likeness (QED) is 0.877. The third-order valence-corrected chi connectivity index (χ3v) is 6.15. The van der Waals surface area contributed by atoms with Gasteiger partial charge in [0.15, 0.2) is 0 Å². The van der Waals surface area contributed by atoms with Crippen LogP contribution in [0.25, 0.3) is 0 Å². The van der Waals surface area contributed by atoms with E-state index in [1.807, 2.05) is 29.8 Å². The summed E-state index contributed by atoms with van der Waals surface area (Å²) in [6.45, 7) is 1.91. The Kier molecular flexibility index (Phi) is 5.94. The van der Waals surface area contributed by atoms with E-state index < -0.39 is 10.8 Å². The molecule has 2 atom stereocenters.